The van der Waals surface area contributed by atoms with Gasteiger partial charge in [-0.1, -0.05) is 6.07 Å². The highest BCUT2D eigenvalue weighted by Crippen LogP contribution is 2.24. The number of nitriles is 1. The molecule has 0 aliphatic carbocycles. The van der Waals surface area contributed by atoms with Gasteiger partial charge < -0.3 is 4.90 Å². The highest BCUT2D eigenvalue weighted by molar-refractivity contribution is 7.91. The lowest BCUT2D eigenvalue weighted by Crippen LogP contribution is -2.51. The van der Waals surface area contributed by atoms with Crippen molar-refractivity contribution in [3.8, 4) is 6.07 Å². The van der Waals surface area contributed by atoms with Gasteiger partial charge in [-0.05, 0) is 18.6 Å². The molecule has 2 aromatic heterocycles. The molecule has 2 fully saturated rings. The van der Waals surface area contributed by atoms with Crippen LogP contribution in [0.5, 0.6) is 0 Å². The second-order valence-electron chi connectivity index (χ2n) is 6.40. The van der Waals surface area contributed by atoms with Crippen molar-refractivity contribution in [2.24, 2.45) is 0 Å². The van der Waals surface area contributed by atoms with Crippen LogP contribution in [-0.4, -0.2) is 66.4 Å². The highest BCUT2D eigenvalue weighted by atomic mass is 32.2. The van der Waals surface area contributed by atoms with Crippen LogP contribution >= 0.6 is 0 Å². The van der Waals surface area contributed by atoms with Crippen LogP contribution < -0.4 is 4.90 Å². The van der Waals surface area contributed by atoms with Crippen LogP contribution in [0.15, 0.2) is 24.4 Å². The number of nitrogens with zero attached hydrogens (tertiary/aromatic N) is 5. The average molecular weight is 345 g/mol. The molecule has 4 heterocycles. The van der Waals surface area contributed by atoms with Crippen LogP contribution in [0.25, 0.3) is 5.65 Å². The lowest BCUT2D eigenvalue weighted by Gasteiger charge is -2.37. The Labute approximate surface area is 141 Å². The van der Waals surface area contributed by atoms with Crippen molar-refractivity contribution >= 4 is 21.3 Å². The summed E-state index contributed by atoms with van der Waals surface area (Å²) < 4.78 is 25.1. The number of sulfone groups is 1. The van der Waals surface area contributed by atoms with E-state index in [-0.39, 0.29) is 11.8 Å². The molecule has 0 spiro atoms. The molecule has 0 amide bonds. The highest BCUT2D eigenvalue weighted by Gasteiger charge is 2.34. The molecule has 126 valence electrons. The van der Waals surface area contributed by atoms with Crippen LogP contribution in [0.4, 0.5) is 5.82 Å². The maximum atomic E-state index is 11.7. The standard InChI is InChI=1S/C16H19N5O2S/c17-11-14-16(18-15-3-1-2-5-21(14)15)20-8-6-19(7-9-20)13-4-10-24(22,23)12-13/h1-3,5,13H,4,6-10,12H2/t13-/m0/s1. The number of fused-ring (bicyclic) bond motifs is 1. The quantitative estimate of drug-likeness (QED) is 0.789. The second-order valence-corrected chi connectivity index (χ2v) is 8.63. The van der Waals surface area contributed by atoms with Crippen LogP contribution in [0.2, 0.25) is 0 Å². The fourth-order valence-electron chi connectivity index (χ4n) is 3.67. The predicted octanol–water partition coefficient (Wildman–Crippen LogP) is 0.515. The molecule has 0 radical (unpaired) electrons. The van der Waals surface area contributed by atoms with Crippen LogP contribution in [0.3, 0.4) is 0 Å². The van der Waals surface area contributed by atoms with E-state index in [9.17, 15) is 13.7 Å². The first-order chi connectivity index (χ1) is 11.6. The molecule has 2 saturated heterocycles. The van der Waals surface area contributed by atoms with Gasteiger partial charge in [0.2, 0.25) is 0 Å². The maximum absolute atomic E-state index is 11.7. The molecule has 24 heavy (non-hydrogen) atoms. The van der Waals surface area contributed by atoms with Crippen LogP contribution in [0, 0.1) is 11.3 Å². The zero-order valence-electron chi connectivity index (χ0n) is 13.3. The minimum Gasteiger partial charge on any atom is -0.352 e. The minimum atomic E-state index is -2.85. The third kappa shape index (κ3) is 2.64. The zero-order chi connectivity index (χ0) is 16.7. The monoisotopic (exact) mass is 345 g/mol. The molecule has 0 bridgehead atoms. The zero-order valence-corrected chi connectivity index (χ0v) is 14.1. The number of rotatable bonds is 2. The van der Waals surface area contributed by atoms with E-state index in [1.807, 2.05) is 28.8 Å². The molecule has 4 rings (SSSR count). The molecule has 2 aromatic rings. The Hall–Kier alpha value is -2.11. The summed E-state index contributed by atoms with van der Waals surface area (Å²) in [5, 5.41) is 9.50. The van der Waals surface area contributed by atoms with Crippen LogP contribution in [0.1, 0.15) is 12.1 Å². The van der Waals surface area contributed by atoms with Crippen molar-refractivity contribution in [3.05, 3.63) is 30.1 Å². The van der Waals surface area contributed by atoms with Gasteiger partial charge in [0.15, 0.2) is 21.3 Å². The van der Waals surface area contributed by atoms with Crippen molar-refractivity contribution in [3.63, 3.8) is 0 Å². The number of hydrogen-bond donors (Lipinski definition) is 0. The third-order valence-corrected chi connectivity index (χ3v) is 6.71. The number of imidazole rings is 1. The summed E-state index contributed by atoms with van der Waals surface area (Å²) in [5.41, 5.74) is 1.33. The predicted molar refractivity (Wildman–Crippen MR) is 90.8 cm³/mol. The van der Waals surface area contributed by atoms with Crippen molar-refractivity contribution in [1.29, 1.82) is 5.26 Å². The first kappa shape index (κ1) is 15.4. The summed E-state index contributed by atoms with van der Waals surface area (Å²) in [5.74, 6) is 1.32. The van der Waals surface area contributed by atoms with Gasteiger partial charge >= 0.3 is 0 Å². The number of anilines is 1. The minimum absolute atomic E-state index is 0.147. The summed E-state index contributed by atoms with van der Waals surface area (Å²) in [4.78, 5) is 9.00. The SMILES string of the molecule is N#Cc1c(N2CCN([C@H]3CCS(=O)(=O)C3)CC2)nc2ccccn12. The van der Waals surface area contributed by atoms with Gasteiger partial charge in [0, 0.05) is 38.4 Å². The lowest BCUT2D eigenvalue weighted by molar-refractivity contribution is 0.200. The van der Waals surface area contributed by atoms with Crippen molar-refractivity contribution < 1.29 is 8.42 Å². The van der Waals surface area contributed by atoms with E-state index >= 15 is 0 Å². The van der Waals surface area contributed by atoms with E-state index in [0.29, 0.717) is 11.4 Å². The topological polar surface area (TPSA) is 81.7 Å². The summed E-state index contributed by atoms with van der Waals surface area (Å²) in [6.07, 6.45) is 2.59. The number of hydrogen-bond acceptors (Lipinski definition) is 6. The first-order valence-corrected chi connectivity index (χ1v) is 9.96. The Bertz CT molecular complexity index is 906. The van der Waals surface area contributed by atoms with Crippen LogP contribution in [-0.2, 0) is 9.84 Å². The maximum Gasteiger partial charge on any atom is 0.169 e. The second kappa shape index (κ2) is 5.76. The van der Waals surface area contributed by atoms with Gasteiger partial charge in [0.1, 0.15) is 11.7 Å². The Morgan fingerprint density at radius 3 is 2.67 bits per heavy atom. The van der Waals surface area contributed by atoms with Gasteiger partial charge in [0.05, 0.1) is 11.5 Å². The van der Waals surface area contributed by atoms with E-state index < -0.39 is 9.84 Å². The summed E-state index contributed by atoms with van der Waals surface area (Å²) in [6, 6.07) is 8.09. The molecule has 0 N–H and O–H groups in total. The fourth-order valence-corrected chi connectivity index (χ4v) is 5.43. The molecule has 0 unspecified atom stereocenters. The molecule has 8 heteroatoms. The number of pyridine rings is 1. The Balaban J connectivity index is 1.51. The normalized spacial score (nSPS) is 24.3. The molecular weight excluding hydrogens is 326 g/mol. The Morgan fingerprint density at radius 2 is 2.00 bits per heavy atom. The van der Waals surface area contributed by atoms with Gasteiger partial charge in [0.25, 0.3) is 0 Å². The van der Waals surface area contributed by atoms with Gasteiger partial charge in [-0.2, -0.15) is 5.26 Å². The van der Waals surface area contributed by atoms with Crippen molar-refractivity contribution in [2.45, 2.75) is 12.5 Å². The van der Waals surface area contributed by atoms with E-state index in [4.69, 9.17) is 0 Å². The molecule has 7 nitrogen and oxygen atoms in total. The molecule has 2 aliphatic heterocycles. The van der Waals surface area contributed by atoms with E-state index in [1.54, 1.807) is 0 Å². The molecular formula is C16H19N5O2S. The lowest BCUT2D eigenvalue weighted by atomic mass is 10.2. The first-order valence-electron chi connectivity index (χ1n) is 8.14. The average Bonchev–Trinajstić information content (AvgIpc) is 3.14. The largest absolute Gasteiger partial charge is 0.352 e. The van der Waals surface area contributed by atoms with Crippen molar-refractivity contribution in [1.82, 2.24) is 14.3 Å². The third-order valence-electron chi connectivity index (χ3n) is 4.96. The smallest absolute Gasteiger partial charge is 0.169 e. The molecule has 0 aromatic carbocycles. The Morgan fingerprint density at radius 1 is 1.21 bits per heavy atom. The molecule has 0 saturated carbocycles. The number of piperazine rings is 1. The van der Waals surface area contributed by atoms with Gasteiger partial charge in [-0.15, -0.1) is 0 Å². The van der Waals surface area contributed by atoms with Crippen molar-refractivity contribution in [2.75, 3.05) is 42.6 Å². The Kier molecular flexibility index (Phi) is 3.70. The summed E-state index contributed by atoms with van der Waals surface area (Å²) >= 11 is 0. The van der Waals surface area contributed by atoms with Gasteiger partial charge in [-0.3, -0.25) is 9.30 Å². The summed E-state index contributed by atoms with van der Waals surface area (Å²) in [6.45, 7) is 3.13. The van der Waals surface area contributed by atoms with E-state index in [2.05, 4.69) is 20.9 Å². The molecule has 1 atom stereocenters. The molecule has 2 aliphatic rings. The fraction of sp³-hybridized carbons (Fsp3) is 0.500. The van der Waals surface area contributed by atoms with Gasteiger partial charge in [-0.25, -0.2) is 13.4 Å². The number of aromatic nitrogens is 2. The van der Waals surface area contributed by atoms with E-state index in [0.717, 1.165) is 44.1 Å². The van der Waals surface area contributed by atoms with E-state index in [1.165, 1.54) is 0 Å². The summed E-state index contributed by atoms with van der Waals surface area (Å²) in [7, 11) is -2.85.